The number of phenols is 1. The molecule has 0 fully saturated rings. The highest BCUT2D eigenvalue weighted by atomic mass is 31.0. The fraction of sp³-hybridized carbons (Fsp3) is 0.0435. The van der Waals surface area contributed by atoms with Gasteiger partial charge < -0.3 is 5.11 Å². The Bertz CT molecular complexity index is 1080. The third kappa shape index (κ3) is 2.71. The molecule has 1 unspecified atom stereocenters. The van der Waals surface area contributed by atoms with Crippen LogP contribution in [0.4, 0.5) is 0 Å². The van der Waals surface area contributed by atoms with E-state index in [1.54, 1.807) is 6.07 Å². The largest absolute Gasteiger partial charge is 0.507 e. The first-order valence-electron chi connectivity index (χ1n) is 8.32. The number of aryl methyl sites for hydroxylation is 1. The van der Waals surface area contributed by atoms with E-state index >= 15 is 0 Å². The van der Waals surface area contributed by atoms with E-state index < -0.39 is 0 Å². The van der Waals surface area contributed by atoms with Crippen molar-refractivity contribution in [1.82, 2.24) is 0 Å². The summed E-state index contributed by atoms with van der Waals surface area (Å²) in [6.45, 7) is 2.13. The molecule has 0 saturated heterocycles. The fourth-order valence-electron chi connectivity index (χ4n) is 3.44. The summed E-state index contributed by atoms with van der Waals surface area (Å²) in [6, 6.07) is 26.6. The minimum Gasteiger partial charge on any atom is -0.507 e. The van der Waals surface area contributed by atoms with Gasteiger partial charge in [-0.2, -0.15) is 0 Å². The van der Waals surface area contributed by atoms with E-state index in [0.29, 0.717) is 5.75 Å². The number of fused-ring (bicyclic) bond motifs is 1. The van der Waals surface area contributed by atoms with Crippen LogP contribution in [0.3, 0.4) is 0 Å². The Morgan fingerprint density at radius 2 is 1.36 bits per heavy atom. The van der Waals surface area contributed by atoms with E-state index in [0.717, 1.165) is 21.8 Å². The first-order chi connectivity index (χ1) is 12.2. The molecule has 0 radical (unpaired) electrons. The summed E-state index contributed by atoms with van der Waals surface area (Å²) in [6.07, 6.45) is 0. The number of para-hydroxylation sites is 1. The van der Waals surface area contributed by atoms with Crippen LogP contribution in [0.25, 0.3) is 33.0 Å². The maximum atomic E-state index is 10.5. The molecule has 0 spiro atoms. The lowest BCUT2D eigenvalue weighted by atomic mass is 9.91. The number of rotatable bonds is 2. The van der Waals surface area contributed by atoms with Crippen LogP contribution in [0.5, 0.6) is 5.75 Å². The summed E-state index contributed by atoms with van der Waals surface area (Å²) in [5, 5.41) is 13.9. The molecule has 0 aliphatic heterocycles. The molecule has 0 aromatic heterocycles. The number of aromatic hydroxyl groups is 1. The summed E-state index contributed by atoms with van der Waals surface area (Å²) in [7, 11) is 2.90. The first kappa shape index (κ1) is 15.9. The molecule has 0 heterocycles. The van der Waals surface area contributed by atoms with E-state index in [4.69, 9.17) is 0 Å². The van der Waals surface area contributed by atoms with Gasteiger partial charge in [0.15, 0.2) is 0 Å². The third-order valence-electron chi connectivity index (χ3n) is 4.70. The Kier molecular flexibility index (Phi) is 4.03. The molecule has 2 heteroatoms. The van der Waals surface area contributed by atoms with Crippen molar-refractivity contribution in [3.63, 3.8) is 0 Å². The predicted octanol–water partition coefficient (Wildman–Crippen LogP) is 5.69. The zero-order chi connectivity index (χ0) is 17.4. The lowest BCUT2D eigenvalue weighted by molar-refractivity contribution is 0.477. The molecule has 0 aliphatic rings. The minimum absolute atomic E-state index is 0.304. The number of hydrogen-bond donors (Lipinski definition) is 1. The van der Waals surface area contributed by atoms with E-state index in [-0.39, 0.29) is 0 Å². The highest BCUT2D eigenvalue weighted by Crippen LogP contribution is 2.38. The number of hydrogen-bond acceptors (Lipinski definition) is 1. The molecule has 0 bridgehead atoms. The van der Waals surface area contributed by atoms with Crippen molar-refractivity contribution in [1.29, 1.82) is 0 Å². The van der Waals surface area contributed by atoms with Gasteiger partial charge in [0.05, 0.1) is 0 Å². The molecule has 0 saturated carbocycles. The smallest absolute Gasteiger partial charge is 0.123 e. The van der Waals surface area contributed by atoms with Gasteiger partial charge in [-0.25, -0.2) is 0 Å². The van der Waals surface area contributed by atoms with Gasteiger partial charge in [-0.1, -0.05) is 66.7 Å². The van der Waals surface area contributed by atoms with Crippen molar-refractivity contribution in [2.75, 3.05) is 0 Å². The van der Waals surface area contributed by atoms with Crippen LogP contribution in [0.1, 0.15) is 5.56 Å². The first-order valence-corrected chi connectivity index (χ1v) is 8.90. The van der Waals surface area contributed by atoms with Gasteiger partial charge in [0.1, 0.15) is 5.75 Å². The zero-order valence-corrected chi connectivity index (χ0v) is 15.2. The lowest BCUT2D eigenvalue weighted by Crippen LogP contribution is -2.04. The van der Waals surface area contributed by atoms with Crippen molar-refractivity contribution in [2.45, 2.75) is 6.92 Å². The second-order valence-corrected chi connectivity index (χ2v) is 6.84. The maximum Gasteiger partial charge on any atom is 0.123 e. The highest BCUT2D eigenvalue weighted by Gasteiger charge is 2.16. The van der Waals surface area contributed by atoms with Crippen LogP contribution >= 0.6 is 9.24 Å². The molecule has 4 aromatic rings. The Morgan fingerprint density at radius 1 is 0.720 bits per heavy atom. The summed E-state index contributed by atoms with van der Waals surface area (Å²) in [4.78, 5) is 0. The van der Waals surface area contributed by atoms with E-state index in [9.17, 15) is 5.11 Å². The summed E-state index contributed by atoms with van der Waals surface area (Å²) < 4.78 is 0. The average molecular weight is 342 g/mol. The Balaban J connectivity index is 2.13. The molecule has 1 N–H and O–H groups in total. The number of benzene rings is 4. The topological polar surface area (TPSA) is 20.2 Å². The molecule has 0 amide bonds. The molecule has 25 heavy (non-hydrogen) atoms. The van der Waals surface area contributed by atoms with Gasteiger partial charge in [-0.15, -0.1) is 9.24 Å². The van der Waals surface area contributed by atoms with Crippen LogP contribution in [-0.2, 0) is 0 Å². The molecular weight excluding hydrogens is 323 g/mol. The van der Waals surface area contributed by atoms with Gasteiger partial charge in [-0.3, -0.25) is 0 Å². The molecule has 122 valence electrons. The fourth-order valence-corrected chi connectivity index (χ4v) is 3.99. The standard InChI is InChI=1S/C23H19OP/c1-15-8-2-4-10-17(15)20-14-16-9-3-5-11-18(16)22(23(20)25)19-12-6-7-13-21(19)24/h2-14,24H,25H2,1H3. The van der Waals surface area contributed by atoms with Gasteiger partial charge in [0.25, 0.3) is 0 Å². The SMILES string of the molecule is Cc1ccccc1-c1cc2ccccc2c(-c2ccccc2O)c1P. The maximum absolute atomic E-state index is 10.5. The van der Waals surface area contributed by atoms with Gasteiger partial charge in [0, 0.05) is 11.1 Å². The highest BCUT2D eigenvalue weighted by molar-refractivity contribution is 7.28. The van der Waals surface area contributed by atoms with Crippen molar-refractivity contribution in [3.05, 3.63) is 84.4 Å². The average Bonchev–Trinajstić information content (AvgIpc) is 2.63. The van der Waals surface area contributed by atoms with E-state index in [1.807, 2.05) is 24.3 Å². The third-order valence-corrected chi connectivity index (χ3v) is 5.30. The Hall–Kier alpha value is -2.63. The van der Waals surface area contributed by atoms with Crippen LogP contribution in [0.15, 0.2) is 78.9 Å². The van der Waals surface area contributed by atoms with Crippen LogP contribution in [0.2, 0.25) is 0 Å². The van der Waals surface area contributed by atoms with Crippen LogP contribution < -0.4 is 5.30 Å². The molecule has 1 atom stereocenters. The van der Waals surface area contributed by atoms with Gasteiger partial charge in [-0.05, 0) is 51.8 Å². The number of phenolic OH excluding ortho intramolecular Hbond substituents is 1. The molecular formula is C23H19OP. The van der Waals surface area contributed by atoms with E-state index in [2.05, 4.69) is 64.7 Å². The zero-order valence-electron chi connectivity index (χ0n) is 14.0. The summed E-state index contributed by atoms with van der Waals surface area (Å²) in [5.41, 5.74) is 5.57. The second kappa shape index (κ2) is 6.35. The molecule has 4 rings (SSSR count). The van der Waals surface area contributed by atoms with Crippen molar-refractivity contribution < 1.29 is 5.11 Å². The molecule has 4 aromatic carbocycles. The Labute approximate surface area is 150 Å². The van der Waals surface area contributed by atoms with Gasteiger partial charge >= 0.3 is 0 Å². The van der Waals surface area contributed by atoms with Crippen LogP contribution in [0, 0.1) is 6.92 Å². The van der Waals surface area contributed by atoms with Crippen LogP contribution in [-0.4, -0.2) is 5.11 Å². The van der Waals surface area contributed by atoms with Crippen molar-refractivity contribution in [2.24, 2.45) is 0 Å². The Morgan fingerprint density at radius 3 is 2.12 bits per heavy atom. The lowest BCUT2D eigenvalue weighted by Gasteiger charge is -2.17. The quantitative estimate of drug-likeness (QED) is 0.464. The monoisotopic (exact) mass is 342 g/mol. The van der Waals surface area contributed by atoms with Crippen molar-refractivity contribution in [3.8, 4) is 28.0 Å². The predicted molar refractivity (Wildman–Crippen MR) is 111 cm³/mol. The van der Waals surface area contributed by atoms with Gasteiger partial charge in [0.2, 0.25) is 0 Å². The molecule has 1 nitrogen and oxygen atoms in total. The van der Waals surface area contributed by atoms with E-state index in [1.165, 1.54) is 22.1 Å². The summed E-state index contributed by atoms with van der Waals surface area (Å²) >= 11 is 0. The molecule has 0 aliphatic carbocycles. The minimum atomic E-state index is 0.304. The summed E-state index contributed by atoms with van der Waals surface area (Å²) in [5.74, 6) is 0.304. The normalized spacial score (nSPS) is 11.0. The second-order valence-electron chi connectivity index (χ2n) is 6.27. The van der Waals surface area contributed by atoms with Crippen molar-refractivity contribution >= 4 is 25.3 Å².